The Labute approximate surface area is 168 Å². The average Bonchev–Trinajstić information content (AvgIpc) is 3.09. The summed E-state index contributed by atoms with van der Waals surface area (Å²) in [6.45, 7) is 4.66. The van der Waals surface area contributed by atoms with Crippen LogP contribution in [0.3, 0.4) is 0 Å². The molecular weight excluding hydrogens is 368 g/mol. The van der Waals surface area contributed by atoms with E-state index < -0.39 is 4.92 Å². The number of aliphatic imine (C=N–C) groups is 1. The van der Waals surface area contributed by atoms with Crippen LogP contribution >= 0.6 is 0 Å². The number of rotatable bonds is 8. The molecule has 0 atom stereocenters. The lowest BCUT2D eigenvalue weighted by atomic mass is 10.1. The van der Waals surface area contributed by atoms with Crippen LogP contribution in [0.1, 0.15) is 38.7 Å². The quantitative estimate of drug-likeness (QED) is 0.260. The van der Waals surface area contributed by atoms with Crippen LogP contribution in [-0.2, 0) is 0 Å². The summed E-state index contributed by atoms with van der Waals surface area (Å²) in [6.07, 6.45) is 3.19. The highest BCUT2D eigenvalue weighted by Crippen LogP contribution is 2.22. The van der Waals surface area contributed by atoms with Crippen LogP contribution in [0.25, 0.3) is 16.9 Å². The van der Waals surface area contributed by atoms with Gasteiger partial charge in [-0.15, -0.1) is 0 Å². The van der Waals surface area contributed by atoms with Crippen LogP contribution in [0.15, 0.2) is 64.4 Å². The Kier molecular flexibility index (Phi) is 6.39. The maximum atomic E-state index is 13.2. The number of unbranched alkanes of at least 4 members (excludes halogenated alkanes) is 2. The standard InChI is InChI=1S/C22H24N4O3/c1-3-4-8-15-23-16(2)20-21(17-9-6-5-7-10-17)24-25(22(20)27)18-11-13-19(14-12-18)26(28)29/h5-7,9-14,24H,3-4,8,15H2,1-2H3. The number of nitrogens with zero attached hydrogens (tertiary/aromatic N) is 3. The van der Waals surface area contributed by atoms with E-state index in [4.69, 9.17) is 0 Å². The van der Waals surface area contributed by atoms with Crippen molar-refractivity contribution >= 4 is 11.4 Å². The summed E-state index contributed by atoms with van der Waals surface area (Å²) >= 11 is 0. The topological polar surface area (TPSA) is 93.3 Å². The number of aromatic amines is 1. The van der Waals surface area contributed by atoms with E-state index in [1.165, 1.54) is 16.8 Å². The fourth-order valence-electron chi connectivity index (χ4n) is 3.18. The highest BCUT2D eigenvalue weighted by molar-refractivity contribution is 6.03. The Morgan fingerprint density at radius 2 is 1.79 bits per heavy atom. The zero-order chi connectivity index (χ0) is 20.8. The maximum Gasteiger partial charge on any atom is 0.280 e. The van der Waals surface area contributed by atoms with Gasteiger partial charge in [0.05, 0.1) is 21.9 Å². The normalized spacial score (nSPS) is 11.6. The first-order valence-corrected chi connectivity index (χ1v) is 9.69. The molecule has 0 amide bonds. The largest absolute Gasteiger partial charge is 0.290 e. The maximum absolute atomic E-state index is 13.2. The van der Waals surface area contributed by atoms with E-state index in [-0.39, 0.29) is 11.2 Å². The first-order valence-electron chi connectivity index (χ1n) is 9.69. The van der Waals surface area contributed by atoms with Crippen LogP contribution in [-0.4, -0.2) is 27.0 Å². The number of hydrogen-bond donors (Lipinski definition) is 1. The number of aromatic nitrogens is 2. The molecular formula is C22H24N4O3. The van der Waals surface area contributed by atoms with Crippen LogP contribution in [0.4, 0.5) is 5.69 Å². The molecule has 1 aromatic heterocycles. The molecule has 150 valence electrons. The van der Waals surface area contributed by atoms with Gasteiger partial charge in [-0.3, -0.25) is 25.0 Å². The Bertz CT molecular complexity index is 1060. The highest BCUT2D eigenvalue weighted by Gasteiger charge is 2.19. The molecule has 1 heterocycles. The minimum Gasteiger partial charge on any atom is -0.290 e. The van der Waals surface area contributed by atoms with Gasteiger partial charge in [-0.1, -0.05) is 50.1 Å². The third kappa shape index (κ3) is 4.51. The number of non-ortho nitro benzene ring substituents is 1. The SMILES string of the molecule is CCCCCN=C(C)c1c(-c2ccccc2)[nH]n(-c2ccc([N+](=O)[O-])cc2)c1=O. The summed E-state index contributed by atoms with van der Waals surface area (Å²) in [6, 6.07) is 15.5. The van der Waals surface area contributed by atoms with Gasteiger partial charge in [-0.25, -0.2) is 4.68 Å². The molecule has 0 unspecified atom stereocenters. The number of nitro groups is 1. The molecule has 3 rings (SSSR count). The molecule has 0 aliphatic carbocycles. The van der Waals surface area contributed by atoms with Crippen molar-refractivity contribution in [2.24, 2.45) is 4.99 Å². The predicted molar refractivity (Wildman–Crippen MR) is 115 cm³/mol. The van der Waals surface area contributed by atoms with E-state index in [1.54, 1.807) is 12.1 Å². The molecule has 0 saturated carbocycles. The van der Waals surface area contributed by atoms with Gasteiger partial charge in [-0.2, -0.15) is 0 Å². The molecule has 3 aromatic rings. The lowest BCUT2D eigenvalue weighted by molar-refractivity contribution is -0.384. The van der Waals surface area contributed by atoms with Crippen molar-refractivity contribution in [2.45, 2.75) is 33.1 Å². The molecule has 29 heavy (non-hydrogen) atoms. The van der Waals surface area contributed by atoms with Crippen molar-refractivity contribution in [3.05, 3.63) is 80.6 Å². The summed E-state index contributed by atoms with van der Waals surface area (Å²) < 4.78 is 1.41. The number of hydrogen-bond acceptors (Lipinski definition) is 4. The molecule has 7 heteroatoms. The van der Waals surface area contributed by atoms with Gasteiger partial charge in [0.2, 0.25) is 0 Å². The van der Waals surface area contributed by atoms with Gasteiger partial charge >= 0.3 is 0 Å². The first kappa shape index (κ1) is 20.3. The number of H-pyrrole nitrogens is 1. The van der Waals surface area contributed by atoms with Crippen molar-refractivity contribution in [3.8, 4) is 16.9 Å². The predicted octanol–water partition coefficient (Wildman–Crippen LogP) is 4.74. The molecule has 0 saturated heterocycles. The molecule has 0 fully saturated rings. The van der Waals surface area contributed by atoms with E-state index in [2.05, 4.69) is 17.0 Å². The second kappa shape index (κ2) is 9.14. The number of nitro benzene ring substituents is 1. The molecule has 2 aromatic carbocycles. The summed E-state index contributed by atoms with van der Waals surface area (Å²) in [5.74, 6) is 0. The van der Waals surface area contributed by atoms with E-state index >= 15 is 0 Å². The zero-order valence-electron chi connectivity index (χ0n) is 16.6. The summed E-state index contributed by atoms with van der Waals surface area (Å²) in [5.41, 5.74) is 3.05. The zero-order valence-corrected chi connectivity index (χ0v) is 16.6. The molecule has 0 aliphatic rings. The number of nitrogens with one attached hydrogen (secondary N) is 1. The molecule has 0 radical (unpaired) electrons. The van der Waals surface area contributed by atoms with Crippen molar-refractivity contribution in [2.75, 3.05) is 6.54 Å². The molecule has 1 N–H and O–H groups in total. The van der Waals surface area contributed by atoms with Crippen LogP contribution in [0, 0.1) is 10.1 Å². The summed E-state index contributed by atoms with van der Waals surface area (Å²) in [5, 5.41) is 14.1. The minimum atomic E-state index is -0.463. The number of benzene rings is 2. The lowest BCUT2D eigenvalue weighted by Gasteiger charge is -2.03. The van der Waals surface area contributed by atoms with Crippen LogP contribution in [0.5, 0.6) is 0 Å². The summed E-state index contributed by atoms with van der Waals surface area (Å²) in [7, 11) is 0. The van der Waals surface area contributed by atoms with Crippen molar-refractivity contribution in [3.63, 3.8) is 0 Å². The molecule has 0 bridgehead atoms. The first-order chi connectivity index (χ1) is 14.0. The van der Waals surface area contributed by atoms with Gasteiger partial charge in [0.25, 0.3) is 11.2 Å². The fraction of sp³-hybridized carbons (Fsp3) is 0.273. The van der Waals surface area contributed by atoms with Crippen LogP contribution < -0.4 is 5.56 Å². The lowest BCUT2D eigenvalue weighted by Crippen LogP contribution is -2.19. The highest BCUT2D eigenvalue weighted by atomic mass is 16.6. The second-order valence-corrected chi connectivity index (χ2v) is 6.82. The molecule has 7 nitrogen and oxygen atoms in total. The molecule has 0 spiro atoms. The second-order valence-electron chi connectivity index (χ2n) is 6.82. The smallest absolute Gasteiger partial charge is 0.280 e. The van der Waals surface area contributed by atoms with E-state index in [1.807, 2.05) is 37.3 Å². The minimum absolute atomic E-state index is 0.0227. The van der Waals surface area contributed by atoms with Crippen LogP contribution in [0.2, 0.25) is 0 Å². The van der Waals surface area contributed by atoms with Gasteiger partial charge in [0, 0.05) is 30.0 Å². The van der Waals surface area contributed by atoms with E-state index in [0.29, 0.717) is 29.2 Å². The Hall–Kier alpha value is -3.48. The third-order valence-corrected chi connectivity index (χ3v) is 4.74. The van der Waals surface area contributed by atoms with Gasteiger partial charge in [0.15, 0.2) is 0 Å². The fourth-order valence-corrected chi connectivity index (χ4v) is 3.18. The third-order valence-electron chi connectivity index (χ3n) is 4.74. The Balaban J connectivity index is 2.08. The van der Waals surface area contributed by atoms with Gasteiger partial charge in [-0.05, 0) is 25.5 Å². The van der Waals surface area contributed by atoms with Gasteiger partial charge < -0.3 is 0 Å². The van der Waals surface area contributed by atoms with Crippen molar-refractivity contribution < 1.29 is 4.92 Å². The molecule has 0 aliphatic heterocycles. The van der Waals surface area contributed by atoms with E-state index in [9.17, 15) is 14.9 Å². The Morgan fingerprint density at radius 3 is 2.41 bits per heavy atom. The van der Waals surface area contributed by atoms with Gasteiger partial charge in [0.1, 0.15) is 0 Å². The van der Waals surface area contributed by atoms with Crippen molar-refractivity contribution in [1.29, 1.82) is 0 Å². The van der Waals surface area contributed by atoms with Crippen molar-refractivity contribution in [1.82, 2.24) is 9.78 Å². The average molecular weight is 392 g/mol. The summed E-state index contributed by atoms with van der Waals surface area (Å²) in [4.78, 5) is 28.3. The van der Waals surface area contributed by atoms with E-state index in [0.717, 1.165) is 24.8 Å². The Morgan fingerprint density at radius 1 is 1.10 bits per heavy atom. The monoisotopic (exact) mass is 392 g/mol.